The first kappa shape index (κ1) is 14.4. The minimum Gasteiger partial charge on any atom is -0.481 e. The van der Waals surface area contributed by atoms with Gasteiger partial charge in [0.15, 0.2) is 5.16 Å². The van der Waals surface area contributed by atoms with Gasteiger partial charge in [0.2, 0.25) is 0 Å². The quantitative estimate of drug-likeness (QED) is 0.811. The summed E-state index contributed by atoms with van der Waals surface area (Å²) in [6.07, 6.45) is 4.41. The largest absolute Gasteiger partial charge is 0.481 e. The van der Waals surface area contributed by atoms with Gasteiger partial charge in [-0.2, -0.15) is 0 Å². The summed E-state index contributed by atoms with van der Waals surface area (Å²) in [5, 5.41) is 9.55. The fourth-order valence-corrected chi connectivity index (χ4v) is 3.26. The van der Waals surface area contributed by atoms with Crippen molar-refractivity contribution < 1.29 is 14.6 Å². The van der Waals surface area contributed by atoms with Gasteiger partial charge in [0, 0.05) is 25.3 Å². The molecule has 1 aromatic heterocycles. The van der Waals surface area contributed by atoms with Crippen LogP contribution in [0.25, 0.3) is 0 Å². The molecule has 1 aliphatic rings. The third-order valence-electron chi connectivity index (χ3n) is 3.37. The predicted octanol–water partition coefficient (Wildman–Crippen LogP) is 2.18. The Labute approximate surface area is 117 Å². The maximum Gasteiger partial charge on any atom is 0.313 e. The lowest BCUT2D eigenvalue weighted by atomic mass is 10.00. The number of imidazole rings is 1. The van der Waals surface area contributed by atoms with Crippen LogP contribution in [0.4, 0.5) is 0 Å². The van der Waals surface area contributed by atoms with Crippen molar-refractivity contribution in [1.82, 2.24) is 9.55 Å². The number of carboxylic acids is 1. The Morgan fingerprint density at radius 2 is 2.47 bits per heavy atom. The zero-order valence-corrected chi connectivity index (χ0v) is 12.2. The summed E-state index contributed by atoms with van der Waals surface area (Å²) >= 11 is 1.28. The Morgan fingerprint density at radius 1 is 1.68 bits per heavy atom. The van der Waals surface area contributed by atoms with Crippen molar-refractivity contribution in [3.63, 3.8) is 0 Å². The van der Waals surface area contributed by atoms with Crippen LogP contribution in [-0.2, 0) is 16.1 Å². The number of aliphatic carboxylic acids is 1. The second-order valence-corrected chi connectivity index (χ2v) is 5.81. The SMILES string of the molecule is CCC1OCCC1Cn1cc(C)nc1SCC(=O)O. The van der Waals surface area contributed by atoms with Crippen LogP contribution in [0.5, 0.6) is 0 Å². The van der Waals surface area contributed by atoms with Gasteiger partial charge in [-0.1, -0.05) is 18.7 Å². The summed E-state index contributed by atoms with van der Waals surface area (Å²) in [6.45, 7) is 5.77. The number of aryl methyl sites for hydroxylation is 1. The highest BCUT2D eigenvalue weighted by Gasteiger charge is 2.27. The summed E-state index contributed by atoms with van der Waals surface area (Å²) in [5.74, 6) is -0.259. The molecule has 0 amide bonds. The van der Waals surface area contributed by atoms with Gasteiger partial charge >= 0.3 is 5.97 Å². The first-order valence-electron chi connectivity index (χ1n) is 6.60. The molecule has 6 heteroatoms. The maximum atomic E-state index is 10.7. The number of thioether (sulfide) groups is 1. The molecule has 0 saturated carbocycles. The highest BCUT2D eigenvalue weighted by Crippen LogP contribution is 2.27. The van der Waals surface area contributed by atoms with Crippen molar-refractivity contribution in [3.8, 4) is 0 Å². The van der Waals surface area contributed by atoms with Crippen molar-refractivity contribution in [2.75, 3.05) is 12.4 Å². The zero-order chi connectivity index (χ0) is 13.8. The lowest BCUT2D eigenvalue weighted by Gasteiger charge is -2.18. The van der Waals surface area contributed by atoms with Crippen LogP contribution in [0, 0.1) is 12.8 Å². The minimum absolute atomic E-state index is 0.0504. The number of rotatable bonds is 6. The van der Waals surface area contributed by atoms with Crippen LogP contribution in [0.3, 0.4) is 0 Å². The number of hydrogen-bond donors (Lipinski definition) is 1. The van der Waals surface area contributed by atoms with E-state index in [1.165, 1.54) is 11.8 Å². The molecule has 2 unspecified atom stereocenters. The molecule has 1 N–H and O–H groups in total. The molecule has 19 heavy (non-hydrogen) atoms. The van der Waals surface area contributed by atoms with E-state index >= 15 is 0 Å². The molecule has 0 aromatic carbocycles. The summed E-state index contributed by atoms with van der Waals surface area (Å²) in [4.78, 5) is 15.1. The molecule has 0 spiro atoms. The molecule has 0 aliphatic carbocycles. The molecule has 2 rings (SSSR count). The van der Waals surface area contributed by atoms with Crippen LogP contribution >= 0.6 is 11.8 Å². The molecular weight excluding hydrogens is 264 g/mol. The average molecular weight is 284 g/mol. The Hall–Kier alpha value is -1.01. The summed E-state index contributed by atoms with van der Waals surface area (Å²) in [5.41, 5.74) is 0.930. The van der Waals surface area contributed by atoms with E-state index in [0.717, 1.165) is 36.8 Å². The van der Waals surface area contributed by atoms with E-state index in [9.17, 15) is 4.79 Å². The molecule has 1 aromatic rings. The molecule has 1 aliphatic heterocycles. The number of carbonyl (C=O) groups is 1. The van der Waals surface area contributed by atoms with Gasteiger partial charge in [0.1, 0.15) is 0 Å². The molecule has 106 valence electrons. The van der Waals surface area contributed by atoms with Crippen molar-refractivity contribution in [2.45, 2.75) is 44.5 Å². The van der Waals surface area contributed by atoms with Crippen molar-refractivity contribution in [2.24, 2.45) is 5.92 Å². The highest BCUT2D eigenvalue weighted by molar-refractivity contribution is 7.99. The van der Waals surface area contributed by atoms with E-state index in [2.05, 4.69) is 16.5 Å². The number of hydrogen-bond acceptors (Lipinski definition) is 4. The minimum atomic E-state index is -0.812. The fraction of sp³-hybridized carbons (Fsp3) is 0.692. The van der Waals surface area contributed by atoms with Crippen LogP contribution < -0.4 is 0 Å². The number of carboxylic acid groups (broad SMARTS) is 1. The van der Waals surface area contributed by atoms with Crippen LogP contribution in [0.1, 0.15) is 25.5 Å². The number of aromatic nitrogens is 2. The van der Waals surface area contributed by atoms with Gasteiger partial charge in [-0.3, -0.25) is 4.79 Å². The molecule has 0 radical (unpaired) electrons. The van der Waals surface area contributed by atoms with Gasteiger partial charge in [0.05, 0.1) is 17.6 Å². The molecule has 2 heterocycles. The Morgan fingerprint density at radius 3 is 3.16 bits per heavy atom. The fourth-order valence-electron chi connectivity index (χ4n) is 2.50. The third kappa shape index (κ3) is 3.73. The van der Waals surface area contributed by atoms with Crippen LogP contribution in [0.15, 0.2) is 11.4 Å². The smallest absolute Gasteiger partial charge is 0.313 e. The van der Waals surface area contributed by atoms with Crippen LogP contribution in [0.2, 0.25) is 0 Å². The average Bonchev–Trinajstić information content (AvgIpc) is 2.93. The van der Waals surface area contributed by atoms with Gasteiger partial charge in [-0.25, -0.2) is 4.98 Å². The van der Waals surface area contributed by atoms with Crippen molar-refractivity contribution in [1.29, 1.82) is 0 Å². The molecule has 5 nitrogen and oxygen atoms in total. The highest BCUT2D eigenvalue weighted by atomic mass is 32.2. The van der Waals surface area contributed by atoms with E-state index in [0.29, 0.717) is 12.0 Å². The van der Waals surface area contributed by atoms with E-state index in [1.807, 2.05) is 13.1 Å². The normalized spacial score (nSPS) is 22.8. The summed E-state index contributed by atoms with van der Waals surface area (Å²) in [7, 11) is 0. The van der Waals surface area contributed by atoms with Crippen molar-refractivity contribution in [3.05, 3.63) is 11.9 Å². The van der Waals surface area contributed by atoms with Crippen LogP contribution in [-0.4, -0.2) is 39.1 Å². The number of ether oxygens (including phenoxy) is 1. The lowest BCUT2D eigenvalue weighted by Crippen LogP contribution is -2.20. The standard InChI is InChI=1S/C13H20N2O3S/c1-3-11-10(4-5-18-11)7-15-6-9(2)14-13(15)19-8-12(16)17/h6,10-11H,3-5,7-8H2,1-2H3,(H,16,17). The monoisotopic (exact) mass is 284 g/mol. The molecule has 2 atom stereocenters. The van der Waals surface area contributed by atoms with E-state index in [1.54, 1.807) is 0 Å². The third-order valence-corrected chi connectivity index (χ3v) is 4.34. The predicted molar refractivity (Wildman–Crippen MR) is 73.5 cm³/mol. The molecule has 1 fully saturated rings. The van der Waals surface area contributed by atoms with Gasteiger partial charge in [0.25, 0.3) is 0 Å². The molecule has 0 bridgehead atoms. The van der Waals surface area contributed by atoms with E-state index < -0.39 is 5.97 Å². The van der Waals surface area contributed by atoms with E-state index in [-0.39, 0.29) is 5.75 Å². The van der Waals surface area contributed by atoms with Crippen molar-refractivity contribution >= 4 is 17.7 Å². The summed E-state index contributed by atoms with van der Waals surface area (Å²) < 4.78 is 7.77. The maximum absolute atomic E-state index is 10.7. The zero-order valence-electron chi connectivity index (χ0n) is 11.3. The molecule has 1 saturated heterocycles. The first-order chi connectivity index (χ1) is 9.10. The lowest BCUT2D eigenvalue weighted by molar-refractivity contribution is -0.133. The van der Waals surface area contributed by atoms with Gasteiger partial charge in [-0.05, 0) is 19.8 Å². The summed E-state index contributed by atoms with van der Waals surface area (Å²) in [6, 6.07) is 0. The second-order valence-electron chi connectivity index (χ2n) is 4.87. The molecular formula is C13H20N2O3S. The van der Waals surface area contributed by atoms with Gasteiger partial charge < -0.3 is 14.4 Å². The Kier molecular flexibility index (Phi) is 4.87. The van der Waals surface area contributed by atoms with E-state index in [4.69, 9.17) is 9.84 Å². The number of nitrogens with zero attached hydrogens (tertiary/aromatic N) is 2. The second kappa shape index (κ2) is 6.43. The Balaban J connectivity index is 2.04. The Bertz CT molecular complexity index is 447. The first-order valence-corrected chi connectivity index (χ1v) is 7.58. The topological polar surface area (TPSA) is 64.4 Å². The van der Waals surface area contributed by atoms with Gasteiger partial charge in [-0.15, -0.1) is 0 Å².